The molecule has 90 valence electrons. The van der Waals surface area contributed by atoms with E-state index in [9.17, 15) is 0 Å². The molecule has 1 atom stereocenters. The minimum atomic E-state index is 0.505. The first-order valence-corrected chi connectivity index (χ1v) is 7.03. The van der Waals surface area contributed by atoms with E-state index in [1.165, 1.54) is 27.9 Å². The summed E-state index contributed by atoms with van der Waals surface area (Å²) in [5.41, 5.74) is 10.5. The topological polar surface area (TPSA) is 0 Å². The van der Waals surface area contributed by atoms with Crippen molar-refractivity contribution in [3.05, 3.63) is 93.7 Å². The van der Waals surface area contributed by atoms with Crippen LogP contribution < -0.4 is 0 Å². The van der Waals surface area contributed by atoms with Crippen molar-refractivity contribution in [3.8, 4) is 0 Å². The second-order valence-corrected chi connectivity index (χ2v) is 5.75. The Hall–Kier alpha value is -2.08. The summed E-state index contributed by atoms with van der Waals surface area (Å²) >= 11 is 0. The van der Waals surface area contributed by atoms with E-state index in [4.69, 9.17) is 0 Å². The normalized spacial score (nSPS) is 29.1. The highest BCUT2D eigenvalue weighted by atomic mass is 14.4. The summed E-state index contributed by atoms with van der Waals surface area (Å²) in [6, 6.07) is 0. The maximum Gasteiger partial charge on any atom is 0.0357 e. The lowest BCUT2D eigenvalue weighted by Gasteiger charge is -2.39. The molecule has 0 nitrogen and oxygen atoms in total. The van der Waals surface area contributed by atoms with Crippen LogP contribution in [0.25, 0.3) is 0 Å². The summed E-state index contributed by atoms with van der Waals surface area (Å²) in [5, 5.41) is 0. The van der Waals surface area contributed by atoms with E-state index in [0.717, 1.165) is 12.8 Å². The van der Waals surface area contributed by atoms with Crippen molar-refractivity contribution in [3.63, 3.8) is 0 Å². The molecule has 5 rings (SSSR count). The molecular formula is C19H14. The van der Waals surface area contributed by atoms with E-state index >= 15 is 0 Å². The van der Waals surface area contributed by atoms with Gasteiger partial charge in [0.05, 0.1) is 0 Å². The predicted octanol–water partition coefficient (Wildman–Crippen LogP) is 4.49. The van der Waals surface area contributed by atoms with Gasteiger partial charge in [0.2, 0.25) is 0 Å². The van der Waals surface area contributed by atoms with E-state index in [-0.39, 0.29) is 0 Å². The number of hydrogen-bond donors (Lipinski definition) is 0. The van der Waals surface area contributed by atoms with Crippen molar-refractivity contribution < 1.29 is 0 Å². The maximum atomic E-state index is 2.41. The third-order valence-electron chi connectivity index (χ3n) is 4.76. The van der Waals surface area contributed by atoms with Crippen molar-refractivity contribution in [1.82, 2.24) is 0 Å². The van der Waals surface area contributed by atoms with Crippen LogP contribution in [0.2, 0.25) is 0 Å². The number of rotatable bonds is 0. The van der Waals surface area contributed by atoms with E-state index in [0.29, 0.717) is 5.92 Å². The fourth-order valence-corrected chi connectivity index (χ4v) is 3.96. The highest BCUT2D eigenvalue weighted by molar-refractivity contribution is 5.72. The molecule has 0 fully saturated rings. The third-order valence-corrected chi connectivity index (χ3v) is 4.76. The highest BCUT2D eigenvalue weighted by Gasteiger charge is 2.36. The molecule has 1 unspecified atom stereocenters. The van der Waals surface area contributed by atoms with Crippen LogP contribution in [-0.2, 0) is 0 Å². The maximum absolute atomic E-state index is 2.41. The molecule has 19 heavy (non-hydrogen) atoms. The van der Waals surface area contributed by atoms with Gasteiger partial charge in [0, 0.05) is 5.92 Å². The molecule has 5 aliphatic carbocycles. The molecule has 5 aliphatic rings. The van der Waals surface area contributed by atoms with E-state index in [2.05, 4.69) is 54.7 Å². The zero-order valence-electron chi connectivity index (χ0n) is 10.7. The molecule has 0 aromatic heterocycles. The molecule has 0 saturated carbocycles. The molecule has 0 heterocycles. The predicted molar refractivity (Wildman–Crippen MR) is 78.4 cm³/mol. The molecule has 0 heteroatoms. The van der Waals surface area contributed by atoms with Crippen LogP contribution in [-0.4, -0.2) is 0 Å². The number of allylic oxidation sites excluding steroid dienone is 16. The fourth-order valence-electron chi connectivity index (χ4n) is 3.96. The first-order chi connectivity index (χ1) is 9.42. The Labute approximate surface area is 113 Å². The molecule has 0 bridgehead atoms. The summed E-state index contributed by atoms with van der Waals surface area (Å²) in [4.78, 5) is 0. The summed E-state index contributed by atoms with van der Waals surface area (Å²) < 4.78 is 0. The van der Waals surface area contributed by atoms with Crippen molar-refractivity contribution in [2.75, 3.05) is 0 Å². The lowest BCUT2D eigenvalue weighted by atomic mass is 9.64. The van der Waals surface area contributed by atoms with Gasteiger partial charge in [-0.1, -0.05) is 54.7 Å². The van der Waals surface area contributed by atoms with Gasteiger partial charge in [-0.05, 0) is 51.9 Å². The second-order valence-electron chi connectivity index (χ2n) is 5.75. The third kappa shape index (κ3) is 1.14. The number of hydrogen-bond acceptors (Lipinski definition) is 0. The molecule has 0 N–H and O–H groups in total. The van der Waals surface area contributed by atoms with Gasteiger partial charge in [0.25, 0.3) is 0 Å². The summed E-state index contributed by atoms with van der Waals surface area (Å²) in [6.07, 6.45) is 23.0. The SMILES string of the molecule is C1=CC2=C3C(=CC4=C5C(=CC=C(C=C2)C35)CC=C4)C1. The van der Waals surface area contributed by atoms with Crippen LogP contribution in [0.3, 0.4) is 0 Å². The molecular weight excluding hydrogens is 228 g/mol. The lowest BCUT2D eigenvalue weighted by Crippen LogP contribution is -2.25. The molecule has 0 aromatic rings. The first kappa shape index (κ1) is 9.80. The molecule has 0 spiro atoms. The first-order valence-electron chi connectivity index (χ1n) is 7.03. The highest BCUT2D eigenvalue weighted by Crippen LogP contribution is 2.51. The van der Waals surface area contributed by atoms with Gasteiger partial charge < -0.3 is 0 Å². The minimum absolute atomic E-state index is 0.505. The van der Waals surface area contributed by atoms with Gasteiger partial charge in [-0.15, -0.1) is 0 Å². The van der Waals surface area contributed by atoms with Gasteiger partial charge in [-0.3, -0.25) is 0 Å². The average Bonchev–Trinajstić information content (AvgIpc) is 2.47. The second kappa shape index (κ2) is 3.27. The zero-order chi connectivity index (χ0) is 12.4. The Bertz CT molecular complexity index is 752. The van der Waals surface area contributed by atoms with Crippen LogP contribution in [0.15, 0.2) is 93.7 Å². The van der Waals surface area contributed by atoms with Gasteiger partial charge in [-0.25, -0.2) is 0 Å². The molecule has 0 amide bonds. The Morgan fingerprint density at radius 2 is 1.53 bits per heavy atom. The Morgan fingerprint density at radius 1 is 0.737 bits per heavy atom. The molecule has 0 aromatic carbocycles. The van der Waals surface area contributed by atoms with E-state index < -0.39 is 0 Å². The fraction of sp³-hybridized carbons (Fsp3) is 0.158. The van der Waals surface area contributed by atoms with Crippen LogP contribution in [0.1, 0.15) is 12.8 Å². The monoisotopic (exact) mass is 242 g/mol. The van der Waals surface area contributed by atoms with Crippen molar-refractivity contribution in [1.29, 1.82) is 0 Å². The van der Waals surface area contributed by atoms with Crippen molar-refractivity contribution >= 4 is 0 Å². The Balaban J connectivity index is 1.89. The summed E-state index contributed by atoms with van der Waals surface area (Å²) in [7, 11) is 0. The largest absolute Gasteiger partial charge is 0.0795 e. The lowest BCUT2D eigenvalue weighted by molar-refractivity contribution is 0.795. The molecule has 0 radical (unpaired) electrons. The average molecular weight is 242 g/mol. The molecule has 0 aliphatic heterocycles. The van der Waals surface area contributed by atoms with Crippen LogP contribution in [0.4, 0.5) is 0 Å². The molecule has 0 saturated heterocycles. The van der Waals surface area contributed by atoms with Gasteiger partial charge in [-0.2, -0.15) is 0 Å². The Morgan fingerprint density at radius 3 is 2.47 bits per heavy atom. The summed E-state index contributed by atoms with van der Waals surface area (Å²) in [6.45, 7) is 0. The van der Waals surface area contributed by atoms with E-state index in [1.54, 1.807) is 11.1 Å². The van der Waals surface area contributed by atoms with Crippen LogP contribution >= 0.6 is 0 Å². The van der Waals surface area contributed by atoms with Gasteiger partial charge in [0.15, 0.2) is 0 Å². The van der Waals surface area contributed by atoms with Crippen LogP contribution in [0.5, 0.6) is 0 Å². The van der Waals surface area contributed by atoms with Gasteiger partial charge >= 0.3 is 0 Å². The Kier molecular flexibility index (Phi) is 1.69. The van der Waals surface area contributed by atoms with E-state index in [1.807, 2.05) is 0 Å². The van der Waals surface area contributed by atoms with Crippen molar-refractivity contribution in [2.45, 2.75) is 12.8 Å². The van der Waals surface area contributed by atoms with Crippen molar-refractivity contribution in [2.24, 2.45) is 5.92 Å². The quantitative estimate of drug-likeness (QED) is 0.587. The van der Waals surface area contributed by atoms with Crippen LogP contribution in [0, 0.1) is 5.92 Å². The minimum Gasteiger partial charge on any atom is -0.0795 e. The standard InChI is InChI=1S/C19H14/c1-3-12-7-9-14-10-8-13-4-2-6-16-11-15(5-1)17(12)19(14)18(13)16/h1-3,6-11,19H,4-5H2. The van der Waals surface area contributed by atoms with Gasteiger partial charge in [0.1, 0.15) is 0 Å². The smallest absolute Gasteiger partial charge is 0.0357 e. The zero-order valence-corrected chi connectivity index (χ0v) is 10.7. The summed E-state index contributed by atoms with van der Waals surface area (Å²) in [5.74, 6) is 0.505.